The molecule has 2 nitrogen and oxygen atoms in total. The van der Waals surface area contributed by atoms with Crippen molar-refractivity contribution < 1.29 is 0 Å². The summed E-state index contributed by atoms with van der Waals surface area (Å²) in [5.74, 6) is 0. The summed E-state index contributed by atoms with van der Waals surface area (Å²) in [5, 5.41) is 13.0. The van der Waals surface area contributed by atoms with Crippen LogP contribution in [0, 0.1) is 0 Å². The molecule has 0 aliphatic heterocycles. The number of nitrogens with zero attached hydrogens (tertiary/aromatic N) is 2. The zero-order valence-corrected chi connectivity index (χ0v) is 40.0. The fourth-order valence-corrected chi connectivity index (χ4v) is 17.5. The first kappa shape index (κ1) is 40.5. The van der Waals surface area contributed by atoms with E-state index in [0.29, 0.717) is 0 Å². The van der Waals surface area contributed by atoms with Gasteiger partial charge in [-0.1, -0.05) is 206 Å². The standard InChI is InChI=1S/C66H44N2SSi/c1-4-19-45(20-5-1)46-21-16-27-52(41-46)70(50-23-6-2-7-24-50,51-25-8-3-9-26-51)53-28-17-22-48(43-53)67-61-34-13-11-30-56(61)59-42-47(37-39-63(59)67)54-32-18-33-58-55-29-10-14-35-62(55)68(66(54)58)49-38-40-65-60(44-49)57-31-12-15-36-64(57)69-65/h1-44H. The highest BCUT2D eigenvalue weighted by atomic mass is 32.1. The number of para-hydroxylation sites is 3. The molecule has 0 N–H and O–H groups in total. The molecule has 14 aromatic rings. The van der Waals surface area contributed by atoms with E-state index in [9.17, 15) is 0 Å². The minimum Gasteiger partial charge on any atom is -0.309 e. The smallest absolute Gasteiger partial charge is 0.179 e. The first-order chi connectivity index (χ1) is 34.7. The number of fused-ring (bicyclic) bond motifs is 9. The number of thiophene rings is 1. The van der Waals surface area contributed by atoms with Gasteiger partial charge in [-0.25, -0.2) is 0 Å². The van der Waals surface area contributed by atoms with E-state index in [1.165, 1.54) is 112 Å². The third-order valence-electron chi connectivity index (χ3n) is 14.7. The Kier molecular flexibility index (Phi) is 9.44. The van der Waals surface area contributed by atoms with Crippen molar-refractivity contribution in [2.45, 2.75) is 0 Å². The maximum Gasteiger partial charge on any atom is 0.179 e. The van der Waals surface area contributed by atoms with E-state index in [-0.39, 0.29) is 0 Å². The van der Waals surface area contributed by atoms with Gasteiger partial charge in [0.15, 0.2) is 8.07 Å². The van der Waals surface area contributed by atoms with Crippen molar-refractivity contribution in [3.8, 4) is 33.6 Å². The van der Waals surface area contributed by atoms with E-state index in [1.807, 2.05) is 11.3 Å². The van der Waals surface area contributed by atoms with Crippen LogP contribution in [0.2, 0.25) is 0 Å². The van der Waals surface area contributed by atoms with Gasteiger partial charge in [0.05, 0.1) is 22.1 Å². The zero-order chi connectivity index (χ0) is 46.2. The second-order valence-electron chi connectivity index (χ2n) is 18.4. The van der Waals surface area contributed by atoms with Gasteiger partial charge in [-0.2, -0.15) is 0 Å². The molecule has 0 unspecified atom stereocenters. The summed E-state index contributed by atoms with van der Waals surface area (Å²) in [5.41, 5.74) is 12.0. The lowest BCUT2D eigenvalue weighted by molar-refractivity contribution is 1.18. The van der Waals surface area contributed by atoms with Crippen LogP contribution in [0.15, 0.2) is 267 Å². The quantitative estimate of drug-likeness (QED) is 0.106. The van der Waals surface area contributed by atoms with Crippen molar-refractivity contribution in [1.29, 1.82) is 0 Å². The Bertz CT molecular complexity index is 4260. The van der Waals surface area contributed by atoms with Gasteiger partial charge in [0.1, 0.15) is 0 Å². The summed E-state index contributed by atoms with van der Waals surface area (Å²) < 4.78 is 7.62. The second kappa shape index (κ2) is 16.3. The van der Waals surface area contributed by atoms with Crippen LogP contribution in [0.5, 0.6) is 0 Å². The molecule has 3 aromatic heterocycles. The third kappa shape index (κ3) is 6.24. The molecule has 0 amide bonds. The van der Waals surface area contributed by atoms with Crippen LogP contribution in [-0.4, -0.2) is 17.2 Å². The molecule has 11 aromatic carbocycles. The Morgan fingerprint density at radius 1 is 0.271 bits per heavy atom. The van der Waals surface area contributed by atoms with Crippen molar-refractivity contribution in [3.63, 3.8) is 0 Å². The number of hydrogen-bond acceptors (Lipinski definition) is 1. The van der Waals surface area contributed by atoms with Crippen molar-refractivity contribution in [2.24, 2.45) is 0 Å². The van der Waals surface area contributed by atoms with Crippen molar-refractivity contribution in [3.05, 3.63) is 267 Å². The number of hydrogen-bond donors (Lipinski definition) is 0. The molecule has 14 rings (SSSR count). The number of rotatable bonds is 8. The number of benzene rings is 11. The molecule has 0 atom stereocenters. The van der Waals surface area contributed by atoms with E-state index < -0.39 is 8.07 Å². The largest absolute Gasteiger partial charge is 0.309 e. The molecule has 0 aliphatic carbocycles. The van der Waals surface area contributed by atoms with Gasteiger partial charge in [-0.15, -0.1) is 11.3 Å². The summed E-state index contributed by atoms with van der Waals surface area (Å²) in [4.78, 5) is 0. The molecule has 70 heavy (non-hydrogen) atoms. The minimum atomic E-state index is -2.91. The van der Waals surface area contributed by atoms with Crippen LogP contribution < -0.4 is 20.7 Å². The SMILES string of the molecule is c1ccc(-c2cccc([Si](c3ccccc3)(c3ccccc3)c3cccc(-n4c5ccccc5c5cc(-c6cccc7c8ccccc8n(-c8ccc9sc%10ccccc%10c9c8)c67)ccc54)c3)c2)cc1. The fourth-order valence-electron chi connectivity index (χ4n) is 11.6. The first-order valence-corrected chi connectivity index (χ1v) is 26.9. The van der Waals surface area contributed by atoms with Gasteiger partial charge in [-0.05, 0) is 98.1 Å². The molecule has 0 radical (unpaired) electrons. The summed E-state index contributed by atoms with van der Waals surface area (Å²) in [6.45, 7) is 0. The van der Waals surface area contributed by atoms with E-state index in [4.69, 9.17) is 0 Å². The monoisotopic (exact) mass is 924 g/mol. The minimum absolute atomic E-state index is 1.15. The maximum atomic E-state index is 2.50. The molecule has 0 bridgehead atoms. The lowest BCUT2D eigenvalue weighted by Crippen LogP contribution is -2.74. The first-order valence-electron chi connectivity index (χ1n) is 24.1. The van der Waals surface area contributed by atoms with Crippen LogP contribution in [0.4, 0.5) is 0 Å². The van der Waals surface area contributed by atoms with Crippen molar-refractivity contribution in [2.75, 3.05) is 0 Å². The highest BCUT2D eigenvalue weighted by molar-refractivity contribution is 7.25. The molecule has 4 heteroatoms. The van der Waals surface area contributed by atoms with Gasteiger partial charge in [-0.3, -0.25) is 0 Å². The highest BCUT2D eigenvalue weighted by Crippen LogP contribution is 2.42. The van der Waals surface area contributed by atoms with Gasteiger partial charge < -0.3 is 9.13 Å². The molecule has 0 saturated heterocycles. The second-order valence-corrected chi connectivity index (χ2v) is 23.3. The van der Waals surface area contributed by atoms with Gasteiger partial charge in [0.2, 0.25) is 0 Å². The Hall–Kier alpha value is -8.54. The van der Waals surface area contributed by atoms with Crippen LogP contribution in [0.1, 0.15) is 0 Å². The Balaban J connectivity index is 0.977. The van der Waals surface area contributed by atoms with E-state index in [2.05, 4.69) is 276 Å². The van der Waals surface area contributed by atoms with E-state index >= 15 is 0 Å². The molecule has 3 heterocycles. The Labute approximate surface area is 411 Å². The molecule has 0 aliphatic rings. The summed E-state index contributed by atoms with van der Waals surface area (Å²) >= 11 is 1.87. The molecule has 0 saturated carbocycles. The van der Waals surface area contributed by atoms with Gasteiger partial charge in [0, 0.05) is 58.7 Å². The molecule has 0 spiro atoms. The lowest BCUT2D eigenvalue weighted by atomic mass is 10.00. The maximum absolute atomic E-state index is 2.91. The van der Waals surface area contributed by atoms with Gasteiger partial charge in [0.25, 0.3) is 0 Å². The summed E-state index contributed by atoms with van der Waals surface area (Å²) in [7, 11) is -2.91. The highest BCUT2D eigenvalue weighted by Gasteiger charge is 2.42. The predicted octanol–water partition coefficient (Wildman–Crippen LogP) is 15.0. The van der Waals surface area contributed by atoms with E-state index in [0.717, 1.165) is 5.69 Å². The molecule has 0 fully saturated rings. The Morgan fingerprint density at radius 2 is 0.800 bits per heavy atom. The van der Waals surface area contributed by atoms with E-state index in [1.54, 1.807) is 0 Å². The average molecular weight is 925 g/mol. The zero-order valence-electron chi connectivity index (χ0n) is 38.2. The summed E-state index contributed by atoms with van der Waals surface area (Å²) in [6.07, 6.45) is 0. The normalized spacial score (nSPS) is 12.0. The summed E-state index contributed by atoms with van der Waals surface area (Å²) in [6, 6.07) is 99.7. The van der Waals surface area contributed by atoms with Crippen LogP contribution in [-0.2, 0) is 0 Å². The average Bonchev–Trinajstić information content (AvgIpc) is 4.10. The van der Waals surface area contributed by atoms with Crippen molar-refractivity contribution >= 4 is 104 Å². The fraction of sp³-hybridized carbons (Fsp3) is 0. The van der Waals surface area contributed by atoms with Crippen molar-refractivity contribution in [1.82, 2.24) is 9.13 Å². The molecular formula is C66H44N2SSi. The Morgan fingerprint density at radius 3 is 1.56 bits per heavy atom. The van der Waals surface area contributed by atoms with Crippen LogP contribution in [0.3, 0.4) is 0 Å². The molecule has 328 valence electrons. The lowest BCUT2D eigenvalue weighted by Gasteiger charge is -2.35. The van der Waals surface area contributed by atoms with Crippen LogP contribution in [0.25, 0.3) is 97.4 Å². The number of aromatic nitrogens is 2. The predicted molar refractivity (Wildman–Crippen MR) is 302 cm³/mol. The van der Waals surface area contributed by atoms with Crippen LogP contribution >= 0.6 is 11.3 Å². The molecular weight excluding hydrogens is 881 g/mol. The topological polar surface area (TPSA) is 9.86 Å². The van der Waals surface area contributed by atoms with Gasteiger partial charge >= 0.3 is 0 Å². The third-order valence-corrected chi connectivity index (χ3v) is 20.6.